The zero-order valence-corrected chi connectivity index (χ0v) is 12.6. The van der Waals surface area contributed by atoms with E-state index in [1.54, 1.807) is 29.1 Å². The zero-order chi connectivity index (χ0) is 16.1. The van der Waals surface area contributed by atoms with Gasteiger partial charge in [0.25, 0.3) is 0 Å². The lowest BCUT2D eigenvalue weighted by atomic mass is 10.1. The maximum atomic E-state index is 9.65. The molecule has 7 heteroatoms. The number of para-hydroxylation sites is 1. The molecule has 3 rings (SSSR count). The van der Waals surface area contributed by atoms with E-state index in [0.717, 1.165) is 0 Å². The SMILES string of the molecule is N#Cc1ccccc1OCc1cn(CC2CC(O)CCO2)nn1. The molecule has 7 nitrogen and oxygen atoms in total. The zero-order valence-electron chi connectivity index (χ0n) is 12.6. The van der Waals surface area contributed by atoms with Crippen LogP contribution in [0, 0.1) is 11.3 Å². The fourth-order valence-corrected chi connectivity index (χ4v) is 2.53. The smallest absolute Gasteiger partial charge is 0.137 e. The van der Waals surface area contributed by atoms with Crippen LogP contribution in [0.25, 0.3) is 0 Å². The van der Waals surface area contributed by atoms with Gasteiger partial charge >= 0.3 is 0 Å². The normalized spacial score (nSPS) is 20.9. The third-order valence-electron chi connectivity index (χ3n) is 3.70. The molecule has 0 saturated carbocycles. The minimum atomic E-state index is -0.303. The highest BCUT2D eigenvalue weighted by molar-refractivity contribution is 5.42. The molecule has 0 spiro atoms. The molecule has 0 amide bonds. The largest absolute Gasteiger partial charge is 0.486 e. The summed E-state index contributed by atoms with van der Waals surface area (Å²) >= 11 is 0. The number of aliphatic hydroxyl groups is 1. The Hall–Kier alpha value is -2.43. The first-order valence-corrected chi connectivity index (χ1v) is 7.55. The second kappa shape index (κ2) is 7.22. The van der Waals surface area contributed by atoms with Crippen LogP contribution >= 0.6 is 0 Å². The highest BCUT2D eigenvalue weighted by Crippen LogP contribution is 2.18. The van der Waals surface area contributed by atoms with Crippen molar-refractivity contribution >= 4 is 0 Å². The predicted molar refractivity (Wildman–Crippen MR) is 80.5 cm³/mol. The molecule has 1 aromatic heterocycles. The molecular weight excluding hydrogens is 296 g/mol. The first-order valence-electron chi connectivity index (χ1n) is 7.55. The number of benzene rings is 1. The van der Waals surface area contributed by atoms with Gasteiger partial charge in [0.15, 0.2) is 0 Å². The van der Waals surface area contributed by atoms with Gasteiger partial charge in [-0.1, -0.05) is 17.3 Å². The van der Waals surface area contributed by atoms with Crippen molar-refractivity contribution in [2.75, 3.05) is 6.61 Å². The number of ether oxygens (including phenoxy) is 2. The van der Waals surface area contributed by atoms with Gasteiger partial charge in [-0.25, -0.2) is 4.68 Å². The van der Waals surface area contributed by atoms with Crippen LogP contribution in [0.5, 0.6) is 5.75 Å². The van der Waals surface area contributed by atoms with Gasteiger partial charge in [-0.15, -0.1) is 5.10 Å². The van der Waals surface area contributed by atoms with E-state index in [9.17, 15) is 5.11 Å². The number of aliphatic hydroxyl groups excluding tert-OH is 1. The Morgan fingerprint density at radius 1 is 1.43 bits per heavy atom. The molecule has 1 saturated heterocycles. The summed E-state index contributed by atoms with van der Waals surface area (Å²) in [6, 6.07) is 9.16. The quantitative estimate of drug-likeness (QED) is 0.893. The summed E-state index contributed by atoms with van der Waals surface area (Å²) in [4.78, 5) is 0. The average Bonchev–Trinajstić information content (AvgIpc) is 3.00. The molecule has 2 atom stereocenters. The maximum Gasteiger partial charge on any atom is 0.137 e. The molecule has 2 heterocycles. The lowest BCUT2D eigenvalue weighted by molar-refractivity contribution is -0.0512. The number of aromatic nitrogens is 3. The van der Waals surface area contributed by atoms with Crippen LogP contribution in [0.3, 0.4) is 0 Å². The highest BCUT2D eigenvalue weighted by Gasteiger charge is 2.21. The lowest BCUT2D eigenvalue weighted by Gasteiger charge is -2.26. The van der Waals surface area contributed by atoms with E-state index in [-0.39, 0.29) is 18.8 Å². The van der Waals surface area contributed by atoms with Crippen molar-refractivity contribution in [3.8, 4) is 11.8 Å². The minimum absolute atomic E-state index is 0.0477. The fourth-order valence-electron chi connectivity index (χ4n) is 2.53. The summed E-state index contributed by atoms with van der Waals surface area (Å²) < 4.78 is 12.9. The Bertz CT molecular complexity index is 695. The fraction of sp³-hybridized carbons (Fsp3) is 0.438. The molecule has 0 radical (unpaired) electrons. The Morgan fingerprint density at radius 2 is 2.30 bits per heavy atom. The van der Waals surface area contributed by atoms with Crippen LogP contribution in [0.15, 0.2) is 30.5 Å². The summed E-state index contributed by atoms with van der Waals surface area (Å²) in [6.07, 6.45) is 2.74. The molecule has 23 heavy (non-hydrogen) atoms. The Labute approximate surface area is 134 Å². The van der Waals surface area contributed by atoms with Crippen LogP contribution in [0.1, 0.15) is 24.1 Å². The van der Waals surface area contributed by atoms with Gasteiger partial charge in [-0.2, -0.15) is 5.26 Å². The van der Waals surface area contributed by atoms with Crippen molar-refractivity contribution in [1.82, 2.24) is 15.0 Å². The summed E-state index contributed by atoms with van der Waals surface area (Å²) in [6.45, 7) is 1.37. The molecule has 0 aliphatic carbocycles. The molecule has 2 unspecified atom stereocenters. The summed E-state index contributed by atoms with van der Waals surface area (Å²) in [7, 11) is 0. The second-order valence-corrected chi connectivity index (χ2v) is 5.50. The molecule has 1 aliphatic rings. The number of rotatable bonds is 5. The Balaban J connectivity index is 1.56. The van der Waals surface area contributed by atoms with Gasteiger partial charge in [0, 0.05) is 13.0 Å². The number of nitriles is 1. The van der Waals surface area contributed by atoms with E-state index >= 15 is 0 Å². The summed E-state index contributed by atoms with van der Waals surface area (Å²) in [5.74, 6) is 0.531. The van der Waals surface area contributed by atoms with Crippen molar-refractivity contribution < 1.29 is 14.6 Å². The predicted octanol–water partition coefficient (Wildman–Crippen LogP) is 1.27. The lowest BCUT2D eigenvalue weighted by Crippen LogP contribution is -2.32. The topological polar surface area (TPSA) is 93.2 Å². The molecule has 120 valence electrons. The average molecular weight is 314 g/mol. The van der Waals surface area contributed by atoms with Crippen molar-refractivity contribution in [2.45, 2.75) is 38.2 Å². The standard InChI is InChI=1S/C16H18N4O3/c17-8-12-3-1-2-4-16(12)23-11-13-9-20(19-18-13)10-15-7-14(21)5-6-22-15/h1-4,9,14-15,21H,5-7,10-11H2. The van der Waals surface area contributed by atoms with E-state index in [1.807, 2.05) is 6.07 Å². The van der Waals surface area contributed by atoms with E-state index in [1.165, 1.54) is 0 Å². The van der Waals surface area contributed by atoms with Crippen molar-refractivity contribution in [3.63, 3.8) is 0 Å². The van der Waals surface area contributed by atoms with Gasteiger partial charge in [0.1, 0.15) is 24.1 Å². The molecule has 1 fully saturated rings. The molecular formula is C16H18N4O3. The Morgan fingerprint density at radius 3 is 3.13 bits per heavy atom. The van der Waals surface area contributed by atoms with E-state index in [2.05, 4.69) is 16.4 Å². The van der Waals surface area contributed by atoms with Crippen LogP contribution in [-0.2, 0) is 17.9 Å². The van der Waals surface area contributed by atoms with Crippen molar-refractivity contribution in [3.05, 3.63) is 41.7 Å². The summed E-state index contributed by atoms with van der Waals surface area (Å²) in [5.41, 5.74) is 1.17. The maximum absolute atomic E-state index is 9.65. The van der Waals surface area contributed by atoms with Crippen molar-refractivity contribution in [1.29, 1.82) is 5.26 Å². The van der Waals surface area contributed by atoms with E-state index < -0.39 is 0 Å². The van der Waals surface area contributed by atoms with E-state index in [0.29, 0.717) is 43.0 Å². The van der Waals surface area contributed by atoms with E-state index in [4.69, 9.17) is 14.7 Å². The molecule has 2 aromatic rings. The summed E-state index contributed by atoms with van der Waals surface area (Å²) in [5, 5.41) is 26.8. The number of nitrogens with zero attached hydrogens (tertiary/aromatic N) is 4. The molecule has 1 aliphatic heterocycles. The van der Waals surface area contributed by atoms with Gasteiger partial charge in [0.2, 0.25) is 0 Å². The third-order valence-corrected chi connectivity index (χ3v) is 3.70. The van der Waals surface area contributed by atoms with Gasteiger partial charge in [-0.3, -0.25) is 0 Å². The highest BCUT2D eigenvalue weighted by atomic mass is 16.5. The van der Waals surface area contributed by atoms with Crippen LogP contribution < -0.4 is 4.74 Å². The first kappa shape index (κ1) is 15.5. The molecule has 0 bridgehead atoms. The van der Waals surface area contributed by atoms with Crippen LogP contribution in [-0.4, -0.2) is 38.9 Å². The monoisotopic (exact) mass is 314 g/mol. The van der Waals surface area contributed by atoms with Gasteiger partial charge in [0.05, 0.1) is 30.5 Å². The Kier molecular flexibility index (Phi) is 4.86. The minimum Gasteiger partial charge on any atom is -0.486 e. The number of hydrogen-bond donors (Lipinski definition) is 1. The number of hydrogen-bond acceptors (Lipinski definition) is 6. The van der Waals surface area contributed by atoms with Gasteiger partial charge < -0.3 is 14.6 Å². The van der Waals surface area contributed by atoms with Crippen LogP contribution in [0.4, 0.5) is 0 Å². The van der Waals surface area contributed by atoms with Gasteiger partial charge in [-0.05, 0) is 18.6 Å². The van der Waals surface area contributed by atoms with Crippen LogP contribution in [0.2, 0.25) is 0 Å². The molecule has 1 aromatic carbocycles. The first-order chi connectivity index (χ1) is 11.2. The third kappa shape index (κ3) is 4.06. The van der Waals surface area contributed by atoms with Crippen molar-refractivity contribution in [2.24, 2.45) is 0 Å². The second-order valence-electron chi connectivity index (χ2n) is 5.50. The molecule has 1 N–H and O–H groups in total.